The van der Waals surface area contributed by atoms with E-state index >= 15 is 0 Å². The first-order valence-corrected chi connectivity index (χ1v) is 8.98. The monoisotopic (exact) mass is 347 g/mol. The molecule has 1 aliphatic rings. The van der Waals surface area contributed by atoms with E-state index in [1.54, 1.807) is 19.2 Å². The van der Waals surface area contributed by atoms with Crippen molar-refractivity contribution >= 4 is 17.5 Å². The number of hydrogen-bond donors (Lipinski definition) is 2. The van der Waals surface area contributed by atoms with Crippen LogP contribution in [0, 0.1) is 5.92 Å². The number of benzene rings is 1. The molecule has 0 spiro atoms. The predicted molar refractivity (Wildman–Crippen MR) is 98.2 cm³/mol. The summed E-state index contributed by atoms with van der Waals surface area (Å²) >= 11 is 0. The SMILES string of the molecule is COCc1cccc(NC(=O)C(=O)NCC(C)CN2CCCCC2)c1. The number of ether oxygens (including phenoxy) is 1. The van der Waals surface area contributed by atoms with E-state index in [-0.39, 0.29) is 0 Å². The van der Waals surface area contributed by atoms with Crippen LogP contribution in [0.25, 0.3) is 0 Å². The quantitative estimate of drug-likeness (QED) is 0.740. The van der Waals surface area contributed by atoms with E-state index in [0.717, 1.165) is 25.2 Å². The largest absolute Gasteiger partial charge is 0.380 e. The van der Waals surface area contributed by atoms with Crippen molar-refractivity contribution in [3.63, 3.8) is 0 Å². The summed E-state index contributed by atoms with van der Waals surface area (Å²) in [4.78, 5) is 26.4. The molecule has 1 atom stereocenters. The minimum Gasteiger partial charge on any atom is -0.380 e. The zero-order chi connectivity index (χ0) is 18.1. The number of piperidine rings is 1. The molecule has 2 N–H and O–H groups in total. The third kappa shape index (κ3) is 6.84. The molecular weight excluding hydrogens is 318 g/mol. The second-order valence-electron chi connectivity index (χ2n) is 6.76. The van der Waals surface area contributed by atoms with Crippen molar-refractivity contribution < 1.29 is 14.3 Å². The van der Waals surface area contributed by atoms with E-state index in [1.165, 1.54) is 19.3 Å². The third-order valence-corrected chi connectivity index (χ3v) is 4.33. The summed E-state index contributed by atoms with van der Waals surface area (Å²) in [6.07, 6.45) is 3.82. The average Bonchev–Trinajstić information content (AvgIpc) is 2.61. The lowest BCUT2D eigenvalue weighted by Crippen LogP contribution is -2.41. The molecule has 1 aliphatic heterocycles. The number of nitrogens with one attached hydrogen (secondary N) is 2. The Morgan fingerprint density at radius 2 is 1.96 bits per heavy atom. The van der Waals surface area contributed by atoms with Gasteiger partial charge in [-0.15, -0.1) is 0 Å². The number of methoxy groups -OCH3 is 1. The Kier molecular flexibility index (Phi) is 7.88. The Hall–Kier alpha value is -1.92. The minimum absolute atomic E-state index is 0.319. The van der Waals surface area contributed by atoms with Gasteiger partial charge in [-0.2, -0.15) is 0 Å². The fourth-order valence-corrected chi connectivity index (χ4v) is 3.09. The first-order chi connectivity index (χ1) is 12.1. The molecule has 138 valence electrons. The van der Waals surface area contributed by atoms with Crippen LogP contribution in [0.2, 0.25) is 0 Å². The standard InChI is InChI=1S/C19H29N3O3/c1-15(13-22-9-4-3-5-10-22)12-20-18(23)19(24)21-17-8-6-7-16(11-17)14-25-2/h6-8,11,15H,3-5,9-10,12-14H2,1-2H3,(H,20,23)(H,21,24). The normalized spacial score (nSPS) is 16.2. The van der Waals surface area contributed by atoms with Gasteiger partial charge in [-0.05, 0) is 49.5 Å². The van der Waals surface area contributed by atoms with Gasteiger partial charge < -0.3 is 20.3 Å². The van der Waals surface area contributed by atoms with Crippen molar-refractivity contribution in [3.05, 3.63) is 29.8 Å². The van der Waals surface area contributed by atoms with E-state index in [1.807, 2.05) is 12.1 Å². The Morgan fingerprint density at radius 1 is 1.20 bits per heavy atom. The van der Waals surface area contributed by atoms with E-state index in [0.29, 0.717) is 24.8 Å². The maximum absolute atomic E-state index is 12.0. The fraction of sp³-hybridized carbons (Fsp3) is 0.579. The summed E-state index contributed by atoms with van der Waals surface area (Å²) < 4.78 is 5.07. The Labute approximate surface area is 149 Å². The maximum Gasteiger partial charge on any atom is 0.313 e. The molecule has 25 heavy (non-hydrogen) atoms. The van der Waals surface area contributed by atoms with Gasteiger partial charge >= 0.3 is 11.8 Å². The zero-order valence-corrected chi connectivity index (χ0v) is 15.2. The Bertz CT molecular complexity index is 571. The summed E-state index contributed by atoms with van der Waals surface area (Å²) in [6, 6.07) is 7.28. The molecule has 0 saturated carbocycles. The molecule has 6 nitrogen and oxygen atoms in total. The summed E-state index contributed by atoms with van der Waals surface area (Å²) in [6.45, 7) is 6.30. The highest BCUT2D eigenvalue weighted by atomic mass is 16.5. The third-order valence-electron chi connectivity index (χ3n) is 4.33. The first kappa shape index (κ1) is 19.4. The molecule has 0 aromatic heterocycles. The van der Waals surface area contributed by atoms with Crippen LogP contribution in [0.1, 0.15) is 31.7 Å². The highest BCUT2D eigenvalue weighted by molar-refractivity contribution is 6.39. The molecule has 1 saturated heterocycles. The summed E-state index contributed by atoms with van der Waals surface area (Å²) in [5.74, 6) is -0.915. The number of amides is 2. The molecule has 0 radical (unpaired) electrons. The van der Waals surface area contributed by atoms with Crippen LogP contribution in [0.15, 0.2) is 24.3 Å². The highest BCUT2D eigenvalue weighted by Gasteiger charge is 2.17. The first-order valence-electron chi connectivity index (χ1n) is 8.98. The summed E-state index contributed by atoms with van der Waals surface area (Å²) in [5, 5.41) is 5.36. The fourth-order valence-electron chi connectivity index (χ4n) is 3.09. The molecule has 2 amide bonds. The molecule has 0 bridgehead atoms. The number of rotatable bonds is 7. The Morgan fingerprint density at radius 3 is 2.68 bits per heavy atom. The lowest BCUT2D eigenvalue weighted by Gasteiger charge is -2.29. The summed E-state index contributed by atoms with van der Waals surface area (Å²) in [7, 11) is 1.61. The van der Waals surface area contributed by atoms with Crippen molar-refractivity contribution in [2.75, 3.05) is 38.6 Å². The summed E-state index contributed by atoms with van der Waals surface area (Å²) in [5.41, 5.74) is 1.53. The van der Waals surface area contributed by atoms with Crippen molar-refractivity contribution in [1.29, 1.82) is 0 Å². The van der Waals surface area contributed by atoms with Crippen LogP contribution in [0.3, 0.4) is 0 Å². The van der Waals surface area contributed by atoms with Crippen molar-refractivity contribution in [2.45, 2.75) is 32.8 Å². The van der Waals surface area contributed by atoms with Gasteiger partial charge in [-0.1, -0.05) is 25.5 Å². The van der Waals surface area contributed by atoms with Crippen LogP contribution >= 0.6 is 0 Å². The average molecular weight is 347 g/mol. The molecular formula is C19H29N3O3. The second-order valence-corrected chi connectivity index (χ2v) is 6.76. The lowest BCUT2D eigenvalue weighted by molar-refractivity contribution is -0.136. The number of carbonyl (C=O) groups excluding carboxylic acids is 2. The number of hydrogen-bond acceptors (Lipinski definition) is 4. The predicted octanol–water partition coefficient (Wildman–Crippen LogP) is 2.01. The van der Waals surface area contributed by atoms with Crippen LogP contribution in [0.5, 0.6) is 0 Å². The topological polar surface area (TPSA) is 70.7 Å². The molecule has 1 fully saturated rings. The molecule has 0 aliphatic carbocycles. The number of anilines is 1. The van der Waals surface area contributed by atoms with Crippen LogP contribution in [-0.4, -0.2) is 50.0 Å². The van der Waals surface area contributed by atoms with Gasteiger partial charge in [0.05, 0.1) is 6.61 Å². The van der Waals surface area contributed by atoms with Crippen LogP contribution in [0.4, 0.5) is 5.69 Å². The smallest absolute Gasteiger partial charge is 0.313 e. The molecule has 6 heteroatoms. The van der Waals surface area contributed by atoms with Crippen molar-refractivity contribution in [3.8, 4) is 0 Å². The van der Waals surface area contributed by atoms with Gasteiger partial charge in [0.1, 0.15) is 0 Å². The van der Waals surface area contributed by atoms with Crippen LogP contribution in [-0.2, 0) is 20.9 Å². The van der Waals surface area contributed by atoms with Gasteiger partial charge in [-0.3, -0.25) is 9.59 Å². The van der Waals surface area contributed by atoms with Crippen molar-refractivity contribution in [2.24, 2.45) is 5.92 Å². The zero-order valence-electron chi connectivity index (χ0n) is 15.2. The molecule has 1 aromatic carbocycles. The molecule has 2 rings (SSSR count). The number of carbonyl (C=O) groups is 2. The van der Waals surface area contributed by atoms with Gasteiger partial charge in [0.15, 0.2) is 0 Å². The van der Waals surface area contributed by atoms with Gasteiger partial charge in [-0.25, -0.2) is 0 Å². The van der Waals surface area contributed by atoms with E-state index in [2.05, 4.69) is 22.5 Å². The van der Waals surface area contributed by atoms with Crippen molar-refractivity contribution in [1.82, 2.24) is 10.2 Å². The minimum atomic E-state index is -0.639. The van der Waals surface area contributed by atoms with E-state index in [4.69, 9.17) is 4.74 Å². The molecule has 1 heterocycles. The molecule has 1 unspecified atom stereocenters. The highest BCUT2D eigenvalue weighted by Crippen LogP contribution is 2.12. The van der Waals surface area contributed by atoms with Gasteiger partial charge in [0.2, 0.25) is 0 Å². The Balaban J connectivity index is 1.74. The van der Waals surface area contributed by atoms with Crippen LogP contribution < -0.4 is 10.6 Å². The van der Waals surface area contributed by atoms with Gasteiger partial charge in [0, 0.05) is 25.9 Å². The molecule has 1 aromatic rings. The van der Waals surface area contributed by atoms with Gasteiger partial charge in [0.25, 0.3) is 0 Å². The number of nitrogens with zero attached hydrogens (tertiary/aromatic N) is 1. The maximum atomic E-state index is 12.0. The lowest BCUT2D eigenvalue weighted by atomic mass is 10.1. The number of likely N-dealkylation sites (tertiary alicyclic amines) is 1. The van der Waals surface area contributed by atoms with E-state index in [9.17, 15) is 9.59 Å². The second kappa shape index (κ2) is 10.2. The van der Waals surface area contributed by atoms with E-state index < -0.39 is 11.8 Å².